The van der Waals surface area contributed by atoms with E-state index in [1.165, 1.54) is 32.7 Å². The van der Waals surface area contributed by atoms with Gasteiger partial charge < -0.3 is 9.32 Å². The Balaban J connectivity index is 1.13. The summed E-state index contributed by atoms with van der Waals surface area (Å²) in [4.78, 5) is 2.37. The highest BCUT2D eigenvalue weighted by atomic mass is 16.3. The second kappa shape index (κ2) is 12.5. The lowest BCUT2D eigenvalue weighted by Crippen LogP contribution is -2.10. The summed E-state index contributed by atoms with van der Waals surface area (Å²) in [7, 11) is 0. The second-order valence-corrected chi connectivity index (χ2v) is 13.4. The van der Waals surface area contributed by atoms with Gasteiger partial charge in [-0.25, -0.2) is 0 Å². The van der Waals surface area contributed by atoms with E-state index in [-0.39, 0.29) is 0 Å². The van der Waals surface area contributed by atoms with Crippen molar-refractivity contribution in [2.75, 3.05) is 4.90 Å². The molecule has 0 fully saturated rings. The summed E-state index contributed by atoms with van der Waals surface area (Å²) in [6.07, 6.45) is 0. The highest BCUT2D eigenvalue weighted by molar-refractivity contribution is 6.13. The fraction of sp³-hybridized carbons (Fsp3) is 0. The van der Waals surface area contributed by atoms with Crippen LogP contribution in [0.15, 0.2) is 205 Å². The van der Waals surface area contributed by atoms with Gasteiger partial charge in [0.15, 0.2) is 0 Å². The summed E-state index contributed by atoms with van der Waals surface area (Å²) in [6, 6.07) is 71.7. The average Bonchev–Trinajstić information content (AvgIpc) is 3.61. The molecule has 0 aliphatic carbocycles. The molecule has 0 spiro atoms. The third-order valence-corrected chi connectivity index (χ3v) is 10.2. The van der Waals surface area contributed by atoms with Gasteiger partial charge in [0.2, 0.25) is 0 Å². The third-order valence-electron chi connectivity index (χ3n) is 10.2. The van der Waals surface area contributed by atoms with E-state index in [1.807, 2.05) is 6.07 Å². The Morgan fingerprint density at radius 3 is 1.46 bits per heavy atom. The lowest BCUT2D eigenvalue weighted by molar-refractivity contribution is 0.671. The molecule has 0 amide bonds. The lowest BCUT2D eigenvalue weighted by Gasteiger charge is -2.27. The van der Waals surface area contributed by atoms with Crippen molar-refractivity contribution >= 4 is 60.5 Å². The van der Waals surface area contributed by atoms with Gasteiger partial charge >= 0.3 is 0 Å². The third kappa shape index (κ3) is 5.21. The van der Waals surface area contributed by atoms with Gasteiger partial charge in [-0.15, -0.1) is 0 Å². The molecular formula is C50H33NO. The average molecular weight is 664 g/mol. The monoisotopic (exact) mass is 663 g/mol. The van der Waals surface area contributed by atoms with Crippen LogP contribution in [-0.2, 0) is 0 Å². The van der Waals surface area contributed by atoms with E-state index in [0.29, 0.717) is 0 Å². The molecule has 0 N–H and O–H groups in total. The van der Waals surface area contributed by atoms with Crippen LogP contribution in [0.3, 0.4) is 0 Å². The van der Waals surface area contributed by atoms with E-state index in [1.54, 1.807) is 0 Å². The van der Waals surface area contributed by atoms with Crippen LogP contribution in [0.5, 0.6) is 0 Å². The van der Waals surface area contributed by atoms with Crippen LogP contribution in [0.2, 0.25) is 0 Å². The van der Waals surface area contributed by atoms with Crippen molar-refractivity contribution in [2.45, 2.75) is 0 Å². The zero-order chi connectivity index (χ0) is 34.4. The van der Waals surface area contributed by atoms with Crippen LogP contribution < -0.4 is 4.90 Å². The summed E-state index contributed by atoms with van der Waals surface area (Å²) in [6.45, 7) is 0. The van der Waals surface area contributed by atoms with Crippen molar-refractivity contribution in [2.24, 2.45) is 0 Å². The number of hydrogen-bond donors (Lipinski definition) is 0. The lowest BCUT2D eigenvalue weighted by atomic mass is 9.99. The Bertz CT molecular complexity index is 2920. The number of benzene rings is 9. The first kappa shape index (κ1) is 30.0. The highest BCUT2D eigenvalue weighted by Gasteiger charge is 2.18. The first-order valence-electron chi connectivity index (χ1n) is 17.8. The number of hydrogen-bond acceptors (Lipinski definition) is 2. The van der Waals surface area contributed by atoms with Crippen LogP contribution >= 0.6 is 0 Å². The molecule has 0 aliphatic heterocycles. The first-order valence-corrected chi connectivity index (χ1v) is 17.8. The van der Waals surface area contributed by atoms with E-state index < -0.39 is 0 Å². The Hall–Kier alpha value is -6.90. The molecular weight excluding hydrogens is 631 g/mol. The molecule has 2 heteroatoms. The maximum absolute atomic E-state index is 6.82. The molecule has 1 heterocycles. The Kier molecular flexibility index (Phi) is 7.18. The van der Waals surface area contributed by atoms with E-state index in [9.17, 15) is 0 Å². The van der Waals surface area contributed by atoms with Crippen LogP contribution in [0.1, 0.15) is 0 Å². The molecule has 52 heavy (non-hydrogen) atoms. The molecule has 10 aromatic rings. The molecule has 10 rings (SSSR count). The predicted octanol–water partition coefficient (Wildman–Crippen LogP) is 14.4. The van der Waals surface area contributed by atoms with Gasteiger partial charge in [0.25, 0.3) is 0 Å². The quantitative estimate of drug-likeness (QED) is 0.176. The molecule has 0 bridgehead atoms. The number of fused-ring (bicyclic) bond motifs is 5. The predicted molar refractivity (Wildman–Crippen MR) is 220 cm³/mol. The Labute approximate surface area is 302 Å². The van der Waals surface area contributed by atoms with Gasteiger partial charge in [0, 0.05) is 39.0 Å². The largest absolute Gasteiger partial charge is 0.455 e. The number of furan rings is 1. The van der Waals surface area contributed by atoms with Gasteiger partial charge in [-0.2, -0.15) is 0 Å². The fourth-order valence-corrected chi connectivity index (χ4v) is 7.66. The number of rotatable bonds is 6. The molecule has 2 nitrogen and oxygen atoms in total. The van der Waals surface area contributed by atoms with Gasteiger partial charge in [0.1, 0.15) is 11.2 Å². The summed E-state index contributed by atoms with van der Waals surface area (Å²) >= 11 is 0. The Morgan fingerprint density at radius 1 is 0.288 bits per heavy atom. The van der Waals surface area contributed by atoms with Crippen molar-refractivity contribution in [1.29, 1.82) is 0 Å². The topological polar surface area (TPSA) is 16.4 Å². The van der Waals surface area contributed by atoms with E-state index in [2.05, 4.69) is 199 Å². The van der Waals surface area contributed by atoms with Gasteiger partial charge in [-0.3, -0.25) is 0 Å². The van der Waals surface area contributed by atoms with Crippen molar-refractivity contribution in [3.63, 3.8) is 0 Å². The van der Waals surface area contributed by atoms with Crippen LogP contribution in [0.4, 0.5) is 17.1 Å². The summed E-state index contributed by atoms with van der Waals surface area (Å²) < 4.78 is 6.82. The van der Waals surface area contributed by atoms with E-state index in [0.717, 1.165) is 61.3 Å². The molecule has 1 aromatic heterocycles. The van der Waals surface area contributed by atoms with E-state index in [4.69, 9.17) is 4.42 Å². The molecule has 0 aliphatic rings. The molecule has 0 unspecified atom stereocenters. The summed E-state index contributed by atoms with van der Waals surface area (Å²) in [5, 5.41) is 7.14. The molecule has 9 aromatic carbocycles. The molecule has 244 valence electrons. The zero-order valence-electron chi connectivity index (χ0n) is 28.4. The normalized spacial score (nSPS) is 11.5. The molecule has 0 atom stereocenters. The minimum atomic E-state index is 0.897. The first-order chi connectivity index (χ1) is 25.8. The van der Waals surface area contributed by atoms with Crippen LogP contribution in [0, 0.1) is 0 Å². The fourth-order valence-electron chi connectivity index (χ4n) is 7.66. The van der Waals surface area contributed by atoms with Crippen molar-refractivity contribution in [1.82, 2.24) is 0 Å². The minimum Gasteiger partial charge on any atom is -0.455 e. The number of para-hydroxylation sites is 2. The maximum atomic E-state index is 6.82. The van der Waals surface area contributed by atoms with Crippen molar-refractivity contribution < 1.29 is 4.42 Å². The van der Waals surface area contributed by atoms with Gasteiger partial charge in [0.05, 0.1) is 0 Å². The summed E-state index contributed by atoms with van der Waals surface area (Å²) in [5.41, 5.74) is 11.8. The Morgan fingerprint density at radius 2 is 0.769 bits per heavy atom. The number of nitrogens with zero attached hydrogens (tertiary/aromatic N) is 1. The molecule has 0 saturated heterocycles. The number of anilines is 3. The van der Waals surface area contributed by atoms with Crippen LogP contribution in [0.25, 0.3) is 76.9 Å². The standard InChI is InChI=1S/C50H33NO/c1-2-14-36(15-3-1)45-22-10-24-47-48-25-11-23-46(50(48)52-49(45)47)41-19-9-21-43(33-41)51(44-29-28-35-13-5-7-17-38(35)31-44)42-20-8-18-39(32-42)40-27-26-34-12-4-6-16-37(34)30-40/h1-33H. The minimum absolute atomic E-state index is 0.897. The van der Waals surface area contributed by atoms with Crippen molar-refractivity contribution in [3.05, 3.63) is 200 Å². The highest BCUT2D eigenvalue weighted by Crippen LogP contribution is 2.43. The van der Waals surface area contributed by atoms with Crippen molar-refractivity contribution in [3.8, 4) is 33.4 Å². The van der Waals surface area contributed by atoms with Crippen LogP contribution in [-0.4, -0.2) is 0 Å². The van der Waals surface area contributed by atoms with Gasteiger partial charge in [-0.05, 0) is 86.3 Å². The smallest absolute Gasteiger partial charge is 0.143 e. The second-order valence-electron chi connectivity index (χ2n) is 13.4. The SMILES string of the molecule is c1ccc(-c2cccc3c2oc2c(-c4cccc(N(c5cccc(-c6ccc7ccccc7c6)c5)c5ccc6ccccc6c5)c4)cccc23)cc1. The summed E-state index contributed by atoms with van der Waals surface area (Å²) in [5.74, 6) is 0. The molecule has 0 radical (unpaired) electrons. The molecule has 0 saturated carbocycles. The van der Waals surface area contributed by atoms with Gasteiger partial charge in [-0.1, -0.05) is 158 Å². The zero-order valence-corrected chi connectivity index (χ0v) is 28.4. The van der Waals surface area contributed by atoms with E-state index >= 15 is 0 Å². The maximum Gasteiger partial charge on any atom is 0.143 e.